The number of rotatable bonds is 3. The zero-order chi connectivity index (χ0) is 12.3. The fourth-order valence-corrected chi connectivity index (χ4v) is 1.34. The quantitative estimate of drug-likeness (QED) is 0.825. The summed E-state index contributed by atoms with van der Waals surface area (Å²) >= 11 is 0. The lowest BCUT2D eigenvalue weighted by molar-refractivity contribution is 0.384. The smallest absolute Gasteiger partial charge is 0.165 e. The summed E-state index contributed by atoms with van der Waals surface area (Å²) in [5.74, 6) is 1.28. The number of nitrogens with two attached hydrogens (primary N) is 1. The van der Waals surface area contributed by atoms with E-state index in [-0.39, 0.29) is 5.69 Å². The standard InChI is InChI=1S/C11H11N5O/c1-7-4-8(17-16-7)6-14-11-3-2-9(13)10(5-12)15-11/h2-4H,6,13H2,1H3,(H,14,15). The number of hydrogen-bond acceptors (Lipinski definition) is 6. The van der Waals surface area contributed by atoms with Gasteiger partial charge < -0.3 is 15.6 Å². The molecule has 0 aromatic carbocycles. The number of pyridine rings is 1. The molecule has 0 aliphatic rings. The molecule has 2 aromatic heterocycles. The lowest BCUT2D eigenvalue weighted by atomic mass is 10.3. The molecule has 17 heavy (non-hydrogen) atoms. The Kier molecular flexibility index (Phi) is 2.92. The summed E-state index contributed by atoms with van der Waals surface area (Å²) in [6, 6.07) is 7.10. The van der Waals surface area contributed by atoms with Crippen LogP contribution in [0.4, 0.5) is 11.5 Å². The Hall–Kier alpha value is -2.55. The number of nitrogen functional groups attached to an aromatic ring is 1. The van der Waals surface area contributed by atoms with Crippen LogP contribution in [0, 0.1) is 18.3 Å². The molecule has 0 radical (unpaired) electrons. The van der Waals surface area contributed by atoms with Crippen molar-refractivity contribution in [3.05, 3.63) is 35.3 Å². The highest BCUT2D eigenvalue weighted by atomic mass is 16.5. The monoisotopic (exact) mass is 229 g/mol. The number of hydrogen-bond donors (Lipinski definition) is 2. The molecule has 0 atom stereocenters. The summed E-state index contributed by atoms with van der Waals surface area (Å²) < 4.78 is 5.04. The van der Waals surface area contributed by atoms with Gasteiger partial charge >= 0.3 is 0 Å². The van der Waals surface area contributed by atoms with Crippen LogP contribution >= 0.6 is 0 Å². The van der Waals surface area contributed by atoms with Crippen molar-refractivity contribution in [2.75, 3.05) is 11.1 Å². The van der Waals surface area contributed by atoms with Gasteiger partial charge in [0.05, 0.1) is 17.9 Å². The van der Waals surface area contributed by atoms with Crippen LogP contribution in [0.25, 0.3) is 0 Å². The zero-order valence-corrected chi connectivity index (χ0v) is 9.27. The molecule has 6 nitrogen and oxygen atoms in total. The zero-order valence-electron chi connectivity index (χ0n) is 9.27. The van der Waals surface area contributed by atoms with Gasteiger partial charge in [0.15, 0.2) is 11.5 Å². The van der Waals surface area contributed by atoms with Gasteiger partial charge in [-0.3, -0.25) is 0 Å². The molecule has 0 aliphatic carbocycles. The molecule has 0 saturated heterocycles. The Labute approximate surface area is 98.1 Å². The molecule has 86 valence electrons. The lowest BCUT2D eigenvalue weighted by Gasteiger charge is -2.04. The van der Waals surface area contributed by atoms with E-state index in [1.54, 1.807) is 12.1 Å². The van der Waals surface area contributed by atoms with Crippen LogP contribution in [-0.2, 0) is 6.54 Å². The van der Waals surface area contributed by atoms with Gasteiger partial charge in [-0.1, -0.05) is 5.16 Å². The van der Waals surface area contributed by atoms with Gasteiger partial charge in [0.1, 0.15) is 11.9 Å². The van der Waals surface area contributed by atoms with Gasteiger partial charge in [-0.2, -0.15) is 5.26 Å². The van der Waals surface area contributed by atoms with Crippen LogP contribution in [0.15, 0.2) is 22.7 Å². The Morgan fingerprint density at radius 2 is 2.35 bits per heavy atom. The van der Waals surface area contributed by atoms with Crippen molar-refractivity contribution in [2.24, 2.45) is 0 Å². The van der Waals surface area contributed by atoms with Gasteiger partial charge in [-0.25, -0.2) is 4.98 Å². The van der Waals surface area contributed by atoms with Crippen molar-refractivity contribution in [1.82, 2.24) is 10.1 Å². The average Bonchev–Trinajstić information content (AvgIpc) is 2.74. The summed E-state index contributed by atoms with van der Waals surface area (Å²) in [5.41, 5.74) is 6.97. The van der Waals surface area contributed by atoms with E-state index in [0.29, 0.717) is 23.8 Å². The van der Waals surface area contributed by atoms with Crippen molar-refractivity contribution in [1.29, 1.82) is 5.26 Å². The molecule has 3 N–H and O–H groups in total. The first kappa shape index (κ1) is 11.0. The van der Waals surface area contributed by atoms with Crippen molar-refractivity contribution in [3.8, 4) is 6.07 Å². The summed E-state index contributed by atoms with van der Waals surface area (Å²) in [6.45, 7) is 2.31. The Morgan fingerprint density at radius 3 is 3.00 bits per heavy atom. The first-order valence-corrected chi connectivity index (χ1v) is 5.01. The highest BCUT2D eigenvalue weighted by molar-refractivity contribution is 5.54. The summed E-state index contributed by atoms with van der Waals surface area (Å²) in [5, 5.41) is 15.6. The van der Waals surface area contributed by atoms with E-state index in [2.05, 4.69) is 15.5 Å². The molecular formula is C11H11N5O. The minimum absolute atomic E-state index is 0.212. The van der Waals surface area contributed by atoms with E-state index in [4.69, 9.17) is 15.5 Å². The van der Waals surface area contributed by atoms with Gasteiger partial charge in [0.2, 0.25) is 0 Å². The Balaban J connectivity index is 2.07. The SMILES string of the molecule is Cc1cc(CNc2ccc(N)c(C#N)n2)on1. The fourth-order valence-electron chi connectivity index (χ4n) is 1.34. The van der Waals surface area contributed by atoms with Crippen molar-refractivity contribution in [3.63, 3.8) is 0 Å². The predicted octanol–water partition coefficient (Wildman–Crippen LogP) is 1.44. The minimum Gasteiger partial charge on any atom is -0.396 e. The third-order valence-corrected chi connectivity index (χ3v) is 2.15. The maximum atomic E-state index is 8.78. The molecule has 0 amide bonds. The topological polar surface area (TPSA) is 101 Å². The minimum atomic E-state index is 0.212. The molecule has 0 saturated carbocycles. The van der Waals surface area contributed by atoms with Crippen LogP contribution in [0.2, 0.25) is 0 Å². The number of anilines is 2. The van der Waals surface area contributed by atoms with E-state index < -0.39 is 0 Å². The van der Waals surface area contributed by atoms with Crippen LogP contribution in [0.5, 0.6) is 0 Å². The Morgan fingerprint density at radius 1 is 1.53 bits per heavy atom. The third-order valence-electron chi connectivity index (χ3n) is 2.15. The first-order valence-electron chi connectivity index (χ1n) is 5.01. The molecule has 2 aromatic rings. The van der Waals surface area contributed by atoms with Crippen molar-refractivity contribution < 1.29 is 4.52 Å². The molecular weight excluding hydrogens is 218 g/mol. The first-order chi connectivity index (χ1) is 8.19. The number of aryl methyl sites for hydroxylation is 1. The fraction of sp³-hybridized carbons (Fsp3) is 0.182. The van der Waals surface area contributed by atoms with Crippen LogP contribution in [0.3, 0.4) is 0 Å². The normalized spacial score (nSPS) is 9.88. The van der Waals surface area contributed by atoms with E-state index >= 15 is 0 Å². The van der Waals surface area contributed by atoms with E-state index in [1.807, 2.05) is 19.1 Å². The largest absolute Gasteiger partial charge is 0.396 e. The highest BCUT2D eigenvalue weighted by Gasteiger charge is 2.04. The van der Waals surface area contributed by atoms with Crippen molar-refractivity contribution >= 4 is 11.5 Å². The molecule has 0 fully saturated rings. The van der Waals surface area contributed by atoms with Crippen LogP contribution in [0.1, 0.15) is 17.1 Å². The maximum absolute atomic E-state index is 8.78. The van der Waals surface area contributed by atoms with Crippen molar-refractivity contribution in [2.45, 2.75) is 13.5 Å². The second kappa shape index (κ2) is 4.53. The average molecular weight is 229 g/mol. The molecule has 0 spiro atoms. The molecule has 2 heterocycles. The molecule has 2 rings (SSSR count). The number of nitrogens with zero attached hydrogens (tertiary/aromatic N) is 3. The molecule has 6 heteroatoms. The number of nitrogens with one attached hydrogen (secondary N) is 1. The molecule has 0 bridgehead atoms. The van der Waals surface area contributed by atoms with Crippen LogP contribution < -0.4 is 11.1 Å². The van der Waals surface area contributed by atoms with Crippen LogP contribution in [-0.4, -0.2) is 10.1 Å². The lowest BCUT2D eigenvalue weighted by Crippen LogP contribution is -2.03. The van der Waals surface area contributed by atoms with E-state index in [9.17, 15) is 0 Å². The number of nitriles is 1. The summed E-state index contributed by atoms with van der Waals surface area (Å²) in [7, 11) is 0. The van der Waals surface area contributed by atoms with Gasteiger partial charge in [-0.05, 0) is 19.1 Å². The van der Waals surface area contributed by atoms with Gasteiger partial charge in [0.25, 0.3) is 0 Å². The van der Waals surface area contributed by atoms with E-state index in [0.717, 1.165) is 5.69 Å². The van der Waals surface area contributed by atoms with Gasteiger partial charge in [0, 0.05) is 6.07 Å². The van der Waals surface area contributed by atoms with E-state index in [1.165, 1.54) is 0 Å². The second-order valence-electron chi connectivity index (χ2n) is 3.53. The third kappa shape index (κ3) is 2.52. The molecule has 0 aliphatic heterocycles. The summed E-state index contributed by atoms with van der Waals surface area (Å²) in [4.78, 5) is 4.05. The molecule has 0 unspecified atom stereocenters. The highest BCUT2D eigenvalue weighted by Crippen LogP contribution is 2.13. The number of aromatic nitrogens is 2. The van der Waals surface area contributed by atoms with Gasteiger partial charge in [-0.15, -0.1) is 0 Å². The second-order valence-corrected chi connectivity index (χ2v) is 3.53. The maximum Gasteiger partial charge on any atom is 0.165 e. The predicted molar refractivity (Wildman–Crippen MR) is 61.9 cm³/mol. The Bertz CT molecular complexity index is 569. The summed E-state index contributed by atoms with van der Waals surface area (Å²) in [6.07, 6.45) is 0.